The fraction of sp³-hybridized carbons (Fsp3) is 0.310. The van der Waals surface area contributed by atoms with Gasteiger partial charge >= 0.3 is 0 Å². The molecule has 0 amide bonds. The van der Waals surface area contributed by atoms with Crippen LogP contribution in [0.25, 0.3) is 0 Å². The van der Waals surface area contributed by atoms with Crippen molar-refractivity contribution in [1.82, 2.24) is 10.7 Å². The normalized spacial score (nSPS) is 13.9. The minimum Gasteiger partial charge on any atom is -0.490 e. The Bertz CT molecular complexity index is 1130. The SMILES string of the molecule is S=C(NCc1ccccc1)N/N=C/c1cc(Br)ccc1OCCOc1ccc(C2CCCCC2)cc1. The second kappa shape index (κ2) is 14.0. The molecule has 0 aliphatic heterocycles. The number of benzene rings is 3. The highest BCUT2D eigenvalue weighted by molar-refractivity contribution is 9.10. The third-order valence-corrected chi connectivity index (χ3v) is 6.93. The molecule has 2 N–H and O–H groups in total. The monoisotopic (exact) mass is 565 g/mol. The van der Waals surface area contributed by atoms with Crippen LogP contribution in [0.15, 0.2) is 82.4 Å². The van der Waals surface area contributed by atoms with E-state index in [-0.39, 0.29) is 0 Å². The summed E-state index contributed by atoms with van der Waals surface area (Å²) in [5.74, 6) is 2.30. The molecule has 36 heavy (non-hydrogen) atoms. The van der Waals surface area contributed by atoms with Crippen LogP contribution in [0.5, 0.6) is 11.5 Å². The number of nitrogens with zero attached hydrogens (tertiary/aromatic N) is 1. The van der Waals surface area contributed by atoms with Gasteiger partial charge in [-0.1, -0.05) is 77.7 Å². The summed E-state index contributed by atoms with van der Waals surface area (Å²) in [6, 6.07) is 24.4. The molecule has 7 heteroatoms. The molecule has 0 atom stereocenters. The summed E-state index contributed by atoms with van der Waals surface area (Å²) in [5.41, 5.74) is 6.27. The van der Waals surface area contributed by atoms with Crippen LogP contribution in [0.2, 0.25) is 0 Å². The van der Waals surface area contributed by atoms with Gasteiger partial charge < -0.3 is 14.8 Å². The largest absolute Gasteiger partial charge is 0.490 e. The zero-order valence-electron chi connectivity index (χ0n) is 20.3. The molecule has 0 radical (unpaired) electrons. The molecule has 188 valence electrons. The Kier molecular flexibility index (Phi) is 10.2. The molecule has 4 rings (SSSR count). The number of hydrogen-bond donors (Lipinski definition) is 2. The van der Waals surface area contributed by atoms with Crippen molar-refractivity contribution in [2.24, 2.45) is 5.10 Å². The van der Waals surface area contributed by atoms with E-state index in [0.29, 0.717) is 30.8 Å². The second-order valence-electron chi connectivity index (χ2n) is 8.82. The average molecular weight is 567 g/mol. The number of hydrogen-bond acceptors (Lipinski definition) is 4. The molecule has 1 aliphatic carbocycles. The Labute approximate surface area is 227 Å². The van der Waals surface area contributed by atoms with E-state index in [1.165, 1.54) is 37.7 Å². The number of nitrogens with one attached hydrogen (secondary N) is 2. The lowest BCUT2D eigenvalue weighted by molar-refractivity contribution is 0.217. The maximum Gasteiger partial charge on any atom is 0.187 e. The highest BCUT2D eigenvalue weighted by atomic mass is 79.9. The van der Waals surface area contributed by atoms with Crippen LogP contribution in [0.3, 0.4) is 0 Å². The van der Waals surface area contributed by atoms with Crippen LogP contribution in [-0.2, 0) is 6.54 Å². The number of rotatable bonds is 10. The average Bonchev–Trinajstić information content (AvgIpc) is 2.92. The number of thiocarbonyl (C=S) groups is 1. The molecule has 0 aromatic heterocycles. The van der Waals surface area contributed by atoms with Crippen molar-refractivity contribution in [3.8, 4) is 11.5 Å². The summed E-state index contributed by atoms with van der Waals surface area (Å²) in [7, 11) is 0. The van der Waals surface area contributed by atoms with Gasteiger partial charge in [0.05, 0.1) is 6.21 Å². The number of ether oxygens (including phenoxy) is 2. The summed E-state index contributed by atoms with van der Waals surface area (Å²) in [6.07, 6.45) is 8.37. The summed E-state index contributed by atoms with van der Waals surface area (Å²) < 4.78 is 12.8. The van der Waals surface area contributed by atoms with Crippen LogP contribution >= 0.6 is 28.1 Å². The van der Waals surface area contributed by atoms with E-state index in [9.17, 15) is 0 Å². The van der Waals surface area contributed by atoms with Gasteiger partial charge in [-0.05, 0) is 72.4 Å². The highest BCUT2D eigenvalue weighted by Gasteiger charge is 2.15. The fourth-order valence-electron chi connectivity index (χ4n) is 4.31. The molecule has 0 bridgehead atoms. The van der Waals surface area contributed by atoms with Crippen molar-refractivity contribution in [3.05, 3.63) is 94.0 Å². The Morgan fingerprint density at radius 3 is 2.47 bits per heavy atom. The van der Waals surface area contributed by atoms with Crippen molar-refractivity contribution in [1.29, 1.82) is 0 Å². The number of hydrazone groups is 1. The van der Waals surface area contributed by atoms with Crippen LogP contribution in [0.4, 0.5) is 0 Å². The predicted molar refractivity (Wildman–Crippen MR) is 154 cm³/mol. The Balaban J connectivity index is 1.22. The lowest BCUT2D eigenvalue weighted by Gasteiger charge is -2.22. The third kappa shape index (κ3) is 8.35. The van der Waals surface area contributed by atoms with E-state index in [0.717, 1.165) is 27.1 Å². The first kappa shape index (κ1) is 26.2. The van der Waals surface area contributed by atoms with Crippen LogP contribution in [-0.4, -0.2) is 24.5 Å². The summed E-state index contributed by atoms with van der Waals surface area (Å²) in [5, 5.41) is 7.86. The van der Waals surface area contributed by atoms with Gasteiger partial charge in [-0.3, -0.25) is 5.43 Å². The van der Waals surface area contributed by atoms with Crippen molar-refractivity contribution < 1.29 is 9.47 Å². The van der Waals surface area contributed by atoms with Crippen LogP contribution in [0, 0.1) is 0 Å². The Morgan fingerprint density at radius 2 is 1.69 bits per heavy atom. The van der Waals surface area contributed by atoms with Gasteiger partial charge in [0.25, 0.3) is 0 Å². The summed E-state index contributed by atoms with van der Waals surface area (Å²) in [4.78, 5) is 0. The maximum absolute atomic E-state index is 5.98. The molecule has 1 fully saturated rings. The van der Waals surface area contributed by atoms with Crippen molar-refractivity contribution in [3.63, 3.8) is 0 Å². The van der Waals surface area contributed by atoms with E-state index >= 15 is 0 Å². The second-order valence-corrected chi connectivity index (χ2v) is 10.1. The van der Waals surface area contributed by atoms with Crippen molar-refractivity contribution >= 4 is 39.5 Å². The molecule has 3 aromatic rings. The molecule has 1 saturated carbocycles. The smallest absolute Gasteiger partial charge is 0.187 e. The van der Waals surface area contributed by atoms with Crippen LogP contribution < -0.4 is 20.2 Å². The van der Waals surface area contributed by atoms with E-state index in [1.807, 2.05) is 48.5 Å². The molecule has 1 aliphatic rings. The quantitative estimate of drug-likeness (QED) is 0.120. The first-order valence-corrected chi connectivity index (χ1v) is 13.6. The van der Waals surface area contributed by atoms with Gasteiger partial charge in [-0.25, -0.2) is 0 Å². The zero-order chi connectivity index (χ0) is 25.0. The highest BCUT2D eigenvalue weighted by Crippen LogP contribution is 2.33. The number of halogens is 1. The summed E-state index contributed by atoms with van der Waals surface area (Å²) in [6.45, 7) is 1.52. The first-order chi connectivity index (χ1) is 17.7. The topological polar surface area (TPSA) is 54.9 Å². The molecule has 3 aromatic carbocycles. The van der Waals surface area contributed by atoms with Gasteiger partial charge in [-0.15, -0.1) is 0 Å². The first-order valence-electron chi connectivity index (χ1n) is 12.4. The molecule has 0 heterocycles. The molecule has 0 unspecified atom stereocenters. The predicted octanol–water partition coefficient (Wildman–Crippen LogP) is 6.95. The molecular weight excluding hydrogens is 534 g/mol. The van der Waals surface area contributed by atoms with Gasteiger partial charge in [-0.2, -0.15) is 5.10 Å². The van der Waals surface area contributed by atoms with Crippen molar-refractivity contribution in [2.75, 3.05) is 13.2 Å². The van der Waals surface area contributed by atoms with Gasteiger partial charge in [0.1, 0.15) is 24.7 Å². The molecule has 0 spiro atoms. The van der Waals surface area contributed by atoms with Crippen LogP contribution in [0.1, 0.15) is 54.7 Å². The zero-order valence-corrected chi connectivity index (χ0v) is 22.7. The fourth-order valence-corrected chi connectivity index (χ4v) is 4.82. The standard InChI is InChI=1S/C29H32BrN3O2S/c30-26-13-16-28(25(19-26)21-32-33-29(36)31-20-22-7-3-1-4-8-22)35-18-17-34-27-14-11-24(12-15-27)23-9-5-2-6-10-23/h1,3-4,7-8,11-16,19,21,23H,2,5-6,9-10,17-18,20H2,(H2,31,33,36)/b32-21+. The van der Waals surface area contributed by atoms with Crippen molar-refractivity contribution in [2.45, 2.75) is 44.6 Å². The van der Waals surface area contributed by atoms with Gasteiger partial charge in [0.15, 0.2) is 5.11 Å². The lowest BCUT2D eigenvalue weighted by Crippen LogP contribution is -2.31. The summed E-state index contributed by atoms with van der Waals surface area (Å²) >= 11 is 8.83. The van der Waals surface area contributed by atoms with E-state index in [1.54, 1.807) is 6.21 Å². The third-order valence-electron chi connectivity index (χ3n) is 6.20. The Morgan fingerprint density at radius 1 is 0.944 bits per heavy atom. The molecule has 5 nitrogen and oxygen atoms in total. The van der Waals surface area contributed by atoms with Gasteiger partial charge in [0.2, 0.25) is 0 Å². The minimum atomic E-state index is 0.428. The Hall–Kier alpha value is -2.90. The van der Waals surface area contributed by atoms with Gasteiger partial charge in [0, 0.05) is 16.6 Å². The minimum absolute atomic E-state index is 0.428. The van der Waals surface area contributed by atoms with E-state index < -0.39 is 0 Å². The molecule has 0 saturated heterocycles. The van der Waals surface area contributed by atoms with E-state index in [4.69, 9.17) is 21.7 Å². The van der Waals surface area contributed by atoms with E-state index in [2.05, 4.69) is 56.0 Å². The maximum atomic E-state index is 5.98. The molecular formula is C29H32BrN3O2S. The lowest BCUT2D eigenvalue weighted by atomic mass is 9.84.